The molecule has 0 radical (unpaired) electrons. The third-order valence-electron chi connectivity index (χ3n) is 15.9. The molecule has 0 aromatic heterocycles. The maximum absolute atomic E-state index is 13.0. The number of hydrogen-bond donors (Lipinski definition) is 0. The van der Waals surface area contributed by atoms with Gasteiger partial charge in [0.25, 0.3) is 0 Å². The zero-order valence-electron chi connectivity index (χ0n) is 54.8. The molecule has 0 aliphatic rings. The van der Waals surface area contributed by atoms with Gasteiger partial charge in [0, 0.05) is 19.3 Å². The van der Waals surface area contributed by atoms with E-state index >= 15 is 0 Å². The lowest BCUT2D eigenvalue weighted by atomic mass is 10.0. The highest BCUT2D eigenvalue weighted by Gasteiger charge is 2.19. The van der Waals surface area contributed by atoms with Gasteiger partial charge in [-0.25, -0.2) is 0 Å². The lowest BCUT2D eigenvalue weighted by Crippen LogP contribution is -2.30. The molecule has 1 unspecified atom stereocenters. The third kappa shape index (κ3) is 67.6. The first-order chi connectivity index (χ1) is 40.5. The van der Waals surface area contributed by atoms with Crippen LogP contribution in [0.5, 0.6) is 0 Å². The van der Waals surface area contributed by atoms with Crippen LogP contribution in [0.15, 0.2) is 72.9 Å². The van der Waals surface area contributed by atoms with E-state index < -0.39 is 6.10 Å². The summed E-state index contributed by atoms with van der Waals surface area (Å²) < 4.78 is 17.0. The maximum atomic E-state index is 13.0. The van der Waals surface area contributed by atoms with Crippen molar-refractivity contribution in [2.45, 2.75) is 380 Å². The zero-order chi connectivity index (χ0) is 59.2. The van der Waals surface area contributed by atoms with Crippen molar-refractivity contribution in [2.24, 2.45) is 0 Å². The van der Waals surface area contributed by atoms with Crippen LogP contribution in [0.3, 0.4) is 0 Å². The van der Waals surface area contributed by atoms with Gasteiger partial charge in [-0.05, 0) is 83.5 Å². The van der Waals surface area contributed by atoms with E-state index in [1.54, 1.807) is 0 Å². The molecule has 476 valence electrons. The van der Waals surface area contributed by atoms with Gasteiger partial charge < -0.3 is 14.2 Å². The van der Waals surface area contributed by atoms with Crippen LogP contribution >= 0.6 is 0 Å². The second-order valence-electron chi connectivity index (χ2n) is 24.1. The molecule has 0 N–H and O–H groups in total. The molecule has 6 heteroatoms. The highest BCUT2D eigenvalue weighted by molar-refractivity contribution is 5.71. The molecule has 0 saturated carbocycles. The van der Waals surface area contributed by atoms with Crippen LogP contribution < -0.4 is 0 Å². The summed E-state index contributed by atoms with van der Waals surface area (Å²) in [6.45, 7) is 6.51. The Kier molecular flexibility index (Phi) is 67.6. The lowest BCUT2D eigenvalue weighted by Gasteiger charge is -2.18. The van der Waals surface area contributed by atoms with Gasteiger partial charge in [0.05, 0.1) is 0 Å². The van der Waals surface area contributed by atoms with E-state index in [9.17, 15) is 14.4 Å². The number of carbonyl (C=O) groups is 3. The fraction of sp³-hybridized carbons (Fsp3) is 0.803. The molecule has 0 aromatic carbocycles. The fourth-order valence-electron chi connectivity index (χ4n) is 10.6. The molecule has 0 aliphatic carbocycles. The first-order valence-electron chi connectivity index (χ1n) is 35.9. The van der Waals surface area contributed by atoms with E-state index in [0.717, 1.165) is 109 Å². The summed E-state index contributed by atoms with van der Waals surface area (Å²) >= 11 is 0. The SMILES string of the molecule is CC/C=C\C/C=C\C/C=C\C/C=C\CCCCCCCCCCCCCCCCCCC(=O)OCC(COC(=O)CCCCCCC/C=C\C/C=C\CCC)OC(=O)CCCCCCCCCCCCCCCCCCCCCCCC. The van der Waals surface area contributed by atoms with Gasteiger partial charge in [0.15, 0.2) is 6.10 Å². The first-order valence-corrected chi connectivity index (χ1v) is 35.9. The topological polar surface area (TPSA) is 78.9 Å². The Morgan fingerprint density at radius 3 is 0.793 bits per heavy atom. The summed E-state index contributed by atoms with van der Waals surface area (Å²) in [5.41, 5.74) is 0. The standard InChI is InChI=1S/C76H136O6/c1-4-7-10-13-16-19-22-25-27-29-31-33-35-36-37-38-39-40-41-43-44-46-48-51-54-57-60-63-66-69-75(78)81-72-73(71-80-74(77)68-65-62-59-56-53-50-24-21-18-15-12-9-6-3)82-76(79)70-67-64-61-58-55-52-49-47-45-42-34-32-30-28-26-23-20-17-14-11-8-5-2/h7,10,12,15-16,19,21,24-25,27,31,33,73H,4-6,8-9,11,13-14,17-18,20,22-23,26,28-30,32,34-72H2,1-3H3/b10-7-,15-12-,19-16-,24-21-,27-25-,33-31-. The Labute approximate surface area is 510 Å². The van der Waals surface area contributed by atoms with Crippen LogP contribution in [0.1, 0.15) is 374 Å². The van der Waals surface area contributed by atoms with Crippen LogP contribution in [0.4, 0.5) is 0 Å². The Balaban J connectivity index is 4.21. The van der Waals surface area contributed by atoms with E-state index in [4.69, 9.17) is 14.2 Å². The lowest BCUT2D eigenvalue weighted by molar-refractivity contribution is -0.167. The fourth-order valence-corrected chi connectivity index (χ4v) is 10.6. The number of hydrogen-bond acceptors (Lipinski definition) is 6. The molecule has 0 fully saturated rings. The zero-order valence-corrected chi connectivity index (χ0v) is 54.8. The van der Waals surface area contributed by atoms with Crippen LogP contribution in [0.25, 0.3) is 0 Å². The largest absolute Gasteiger partial charge is 0.462 e. The van der Waals surface area contributed by atoms with E-state index in [2.05, 4.69) is 93.7 Å². The molecule has 6 nitrogen and oxygen atoms in total. The molecule has 0 aromatic rings. The molecular formula is C76H136O6. The van der Waals surface area contributed by atoms with Crippen LogP contribution in [-0.4, -0.2) is 37.2 Å². The number of allylic oxidation sites excluding steroid dienone is 12. The highest BCUT2D eigenvalue weighted by Crippen LogP contribution is 2.18. The van der Waals surface area contributed by atoms with Crippen molar-refractivity contribution in [3.8, 4) is 0 Å². The van der Waals surface area contributed by atoms with E-state index in [-0.39, 0.29) is 31.1 Å². The van der Waals surface area contributed by atoms with Crippen LogP contribution in [0, 0.1) is 0 Å². The summed E-state index contributed by atoms with van der Waals surface area (Å²) in [4.78, 5) is 38.4. The van der Waals surface area contributed by atoms with Crippen LogP contribution in [0.2, 0.25) is 0 Å². The van der Waals surface area contributed by atoms with Gasteiger partial charge in [0.1, 0.15) is 13.2 Å². The predicted molar refractivity (Wildman–Crippen MR) is 358 cm³/mol. The number of esters is 3. The second kappa shape index (κ2) is 70.3. The molecule has 0 amide bonds. The van der Waals surface area contributed by atoms with Gasteiger partial charge in [0.2, 0.25) is 0 Å². The van der Waals surface area contributed by atoms with Crippen LogP contribution in [-0.2, 0) is 28.6 Å². The minimum absolute atomic E-state index is 0.0750. The van der Waals surface area contributed by atoms with Gasteiger partial charge in [-0.2, -0.15) is 0 Å². The molecule has 0 saturated heterocycles. The minimum atomic E-state index is -0.780. The predicted octanol–water partition coefficient (Wildman–Crippen LogP) is 24.8. The molecule has 0 bridgehead atoms. The van der Waals surface area contributed by atoms with E-state index in [0.29, 0.717) is 19.3 Å². The van der Waals surface area contributed by atoms with E-state index in [1.165, 1.54) is 225 Å². The van der Waals surface area contributed by atoms with Crippen molar-refractivity contribution in [1.82, 2.24) is 0 Å². The normalized spacial score (nSPS) is 12.5. The number of rotatable bonds is 66. The first kappa shape index (κ1) is 78.8. The van der Waals surface area contributed by atoms with E-state index in [1.807, 2.05) is 0 Å². The van der Waals surface area contributed by atoms with Crippen molar-refractivity contribution in [2.75, 3.05) is 13.2 Å². The molecule has 0 heterocycles. The summed E-state index contributed by atoms with van der Waals surface area (Å²) in [5, 5.41) is 0. The minimum Gasteiger partial charge on any atom is -0.462 e. The molecule has 0 rings (SSSR count). The summed E-state index contributed by atoms with van der Waals surface area (Å²) in [6.07, 6.45) is 92.3. The Morgan fingerprint density at radius 2 is 0.500 bits per heavy atom. The maximum Gasteiger partial charge on any atom is 0.306 e. The third-order valence-corrected chi connectivity index (χ3v) is 15.9. The van der Waals surface area contributed by atoms with Gasteiger partial charge >= 0.3 is 17.9 Å². The highest BCUT2D eigenvalue weighted by atomic mass is 16.6. The number of carbonyl (C=O) groups excluding carboxylic acids is 3. The van der Waals surface area contributed by atoms with Crippen molar-refractivity contribution in [3.63, 3.8) is 0 Å². The van der Waals surface area contributed by atoms with Gasteiger partial charge in [-0.3, -0.25) is 14.4 Å². The number of unbranched alkanes of at least 4 members (excludes halogenated alkanes) is 43. The molecule has 1 atom stereocenters. The summed E-state index contributed by atoms with van der Waals surface area (Å²) in [6, 6.07) is 0. The Hall–Kier alpha value is -3.15. The van der Waals surface area contributed by atoms with Crippen molar-refractivity contribution >= 4 is 17.9 Å². The van der Waals surface area contributed by atoms with Gasteiger partial charge in [-0.1, -0.05) is 344 Å². The summed E-state index contributed by atoms with van der Waals surface area (Å²) in [5.74, 6) is -0.865. The average Bonchev–Trinajstić information content (AvgIpc) is 3.47. The van der Waals surface area contributed by atoms with Crippen molar-refractivity contribution < 1.29 is 28.6 Å². The molecule has 82 heavy (non-hydrogen) atoms. The summed E-state index contributed by atoms with van der Waals surface area (Å²) in [7, 11) is 0. The Bertz CT molecular complexity index is 1500. The number of ether oxygens (including phenoxy) is 3. The molecular weight excluding hydrogens is 1010 g/mol. The molecule has 0 spiro atoms. The van der Waals surface area contributed by atoms with Gasteiger partial charge in [-0.15, -0.1) is 0 Å². The second-order valence-corrected chi connectivity index (χ2v) is 24.1. The monoisotopic (exact) mass is 1150 g/mol. The van der Waals surface area contributed by atoms with Crippen molar-refractivity contribution in [1.29, 1.82) is 0 Å². The Morgan fingerprint density at radius 1 is 0.256 bits per heavy atom. The molecule has 0 aliphatic heterocycles. The quantitative estimate of drug-likeness (QED) is 0.0261. The smallest absolute Gasteiger partial charge is 0.306 e. The van der Waals surface area contributed by atoms with Crippen molar-refractivity contribution in [3.05, 3.63) is 72.9 Å². The average molecular weight is 1150 g/mol.